The molecule has 0 radical (unpaired) electrons. The molecule has 0 aliphatic heterocycles. The molecule has 174 valence electrons. The van der Waals surface area contributed by atoms with Gasteiger partial charge in [-0.05, 0) is 62.4 Å². The average Bonchev–Trinajstić information content (AvgIpc) is 3.10. The van der Waals surface area contributed by atoms with E-state index in [9.17, 15) is 9.59 Å². The first-order valence-corrected chi connectivity index (χ1v) is 11.6. The minimum Gasteiger partial charge on any atom is -0.465 e. The van der Waals surface area contributed by atoms with Gasteiger partial charge >= 0.3 is 5.97 Å². The van der Waals surface area contributed by atoms with Gasteiger partial charge in [-0.15, -0.1) is 0 Å². The Balaban J connectivity index is 1.77. The first-order valence-electron chi connectivity index (χ1n) is 10.9. The molecule has 34 heavy (non-hydrogen) atoms. The van der Waals surface area contributed by atoms with Crippen LogP contribution < -0.4 is 5.56 Å². The zero-order valence-corrected chi connectivity index (χ0v) is 21.3. The summed E-state index contributed by atoms with van der Waals surface area (Å²) in [7, 11) is 1.36. The number of aromatic nitrogens is 3. The molecule has 2 aromatic heterocycles. The molecule has 0 bridgehead atoms. The van der Waals surface area contributed by atoms with Gasteiger partial charge in [0.2, 0.25) is 0 Å². The van der Waals surface area contributed by atoms with Crippen molar-refractivity contribution in [2.75, 3.05) is 7.11 Å². The lowest BCUT2D eigenvalue weighted by molar-refractivity contribution is 0.0600. The zero-order valence-electron chi connectivity index (χ0n) is 19.7. The van der Waals surface area contributed by atoms with Gasteiger partial charge in [0.05, 0.1) is 29.8 Å². The van der Waals surface area contributed by atoms with Crippen LogP contribution in [0, 0.1) is 13.8 Å². The van der Waals surface area contributed by atoms with Gasteiger partial charge in [0, 0.05) is 33.0 Å². The second-order valence-corrected chi connectivity index (χ2v) is 9.26. The third kappa shape index (κ3) is 4.33. The largest absolute Gasteiger partial charge is 0.465 e. The summed E-state index contributed by atoms with van der Waals surface area (Å²) in [5.74, 6) is 0.240. The first-order chi connectivity index (χ1) is 16.2. The van der Waals surface area contributed by atoms with E-state index in [0.717, 1.165) is 27.1 Å². The quantitative estimate of drug-likeness (QED) is 0.262. The fraction of sp³-hybridized carbons (Fsp3) is 0.231. The van der Waals surface area contributed by atoms with Crippen LogP contribution in [0.25, 0.3) is 16.6 Å². The third-order valence-electron chi connectivity index (χ3n) is 5.68. The second kappa shape index (κ2) is 9.38. The van der Waals surface area contributed by atoms with Crippen molar-refractivity contribution in [3.05, 3.63) is 91.7 Å². The topological polar surface area (TPSA) is 78.5 Å². The van der Waals surface area contributed by atoms with E-state index in [-0.39, 0.29) is 17.4 Å². The van der Waals surface area contributed by atoms with Crippen LogP contribution in [0.3, 0.4) is 0 Å². The van der Waals surface area contributed by atoms with Crippen LogP contribution in [0.2, 0.25) is 0 Å². The zero-order chi connectivity index (χ0) is 24.6. The predicted octanol–water partition coefficient (Wildman–Crippen LogP) is 5.36. The number of ether oxygens (including phenoxy) is 1. The van der Waals surface area contributed by atoms with Crippen molar-refractivity contribution in [2.24, 2.45) is 5.10 Å². The summed E-state index contributed by atoms with van der Waals surface area (Å²) in [5, 5.41) is 5.07. The SMILES string of the molecule is COC(=O)c1ccc(-n2c(C)cc(C=Nn3c(C(C)C)nc4ccc(Br)cc4c3=O)c2C)cc1. The highest BCUT2D eigenvalue weighted by atomic mass is 79.9. The molecule has 0 saturated carbocycles. The van der Waals surface area contributed by atoms with Crippen LogP contribution in [0.4, 0.5) is 0 Å². The molecule has 0 aliphatic carbocycles. The summed E-state index contributed by atoms with van der Waals surface area (Å²) in [6.45, 7) is 7.97. The highest BCUT2D eigenvalue weighted by molar-refractivity contribution is 9.10. The number of rotatable bonds is 5. The van der Waals surface area contributed by atoms with E-state index in [1.807, 2.05) is 58.0 Å². The van der Waals surface area contributed by atoms with Gasteiger partial charge in [-0.1, -0.05) is 29.8 Å². The van der Waals surface area contributed by atoms with Crippen molar-refractivity contribution in [3.63, 3.8) is 0 Å². The Bertz CT molecular complexity index is 1480. The highest BCUT2D eigenvalue weighted by Crippen LogP contribution is 2.22. The smallest absolute Gasteiger partial charge is 0.337 e. The Morgan fingerprint density at radius 1 is 1.12 bits per heavy atom. The lowest BCUT2D eigenvalue weighted by Gasteiger charge is -2.12. The lowest BCUT2D eigenvalue weighted by Crippen LogP contribution is -2.23. The Morgan fingerprint density at radius 3 is 2.47 bits per heavy atom. The van der Waals surface area contributed by atoms with Gasteiger partial charge in [-0.3, -0.25) is 4.79 Å². The average molecular weight is 521 g/mol. The molecule has 0 spiro atoms. The number of nitrogens with zero attached hydrogens (tertiary/aromatic N) is 4. The summed E-state index contributed by atoms with van der Waals surface area (Å²) in [4.78, 5) is 29.7. The molecule has 4 aromatic rings. The Hall–Kier alpha value is -3.52. The van der Waals surface area contributed by atoms with E-state index in [4.69, 9.17) is 9.72 Å². The van der Waals surface area contributed by atoms with E-state index in [2.05, 4.69) is 25.6 Å². The number of aryl methyl sites for hydroxylation is 1. The Labute approximate surface area is 205 Å². The summed E-state index contributed by atoms with van der Waals surface area (Å²) in [6, 6.07) is 14.7. The van der Waals surface area contributed by atoms with Crippen molar-refractivity contribution >= 4 is 39.0 Å². The van der Waals surface area contributed by atoms with Crippen LogP contribution in [-0.4, -0.2) is 33.5 Å². The summed E-state index contributed by atoms with van der Waals surface area (Å²) >= 11 is 3.43. The first kappa shape index (κ1) is 23.6. The van der Waals surface area contributed by atoms with Crippen molar-refractivity contribution < 1.29 is 9.53 Å². The maximum absolute atomic E-state index is 13.3. The molecule has 0 fully saturated rings. The number of halogens is 1. The molecule has 4 rings (SSSR count). The van der Waals surface area contributed by atoms with Crippen LogP contribution in [0.15, 0.2) is 62.9 Å². The van der Waals surface area contributed by atoms with Gasteiger partial charge in [-0.2, -0.15) is 9.78 Å². The van der Waals surface area contributed by atoms with E-state index >= 15 is 0 Å². The molecule has 8 heteroatoms. The number of carbonyl (C=O) groups is 1. The maximum Gasteiger partial charge on any atom is 0.337 e. The predicted molar refractivity (Wildman–Crippen MR) is 137 cm³/mol. The van der Waals surface area contributed by atoms with Crippen LogP contribution >= 0.6 is 15.9 Å². The summed E-state index contributed by atoms with van der Waals surface area (Å²) < 4.78 is 9.05. The number of fused-ring (bicyclic) bond motifs is 1. The van der Waals surface area contributed by atoms with E-state index < -0.39 is 0 Å². The number of hydrogen-bond donors (Lipinski definition) is 0. The molecule has 0 saturated heterocycles. The Kier molecular flexibility index (Phi) is 6.52. The van der Waals surface area contributed by atoms with Crippen LogP contribution in [-0.2, 0) is 4.74 Å². The van der Waals surface area contributed by atoms with Crippen LogP contribution in [0.1, 0.15) is 52.9 Å². The molecule has 0 atom stereocenters. The van der Waals surface area contributed by atoms with Gasteiger partial charge < -0.3 is 9.30 Å². The van der Waals surface area contributed by atoms with Crippen molar-refractivity contribution in [3.8, 4) is 5.69 Å². The lowest BCUT2D eigenvalue weighted by atomic mass is 10.2. The number of esters is 1. The van der Waals surface area contributed by atoms with E-state index in [1.54, 1.807) is 24.4 Å². The maximum atomic E-state index is 13.3. The number of carbonyl (C=O) groups excluding carboxylic acids is 1. The Morgan fingerprint density at radius 2 is 1.82 bits per heavy atom. The monoisotopic (exact) mass is 520 g/mol. The molecule has 2 heterocycles. The number of benzene rings is 2. The second-order valence-electron chi connectivity index (χ2n) is 8.35. The van der Waals surface area contributed by atoms with Crippen molar-refractivity contribution in [1.82, 2.24) is 14.2 Å². The van der Waals surface area contributed by atoms with Gasteiger partial charge in [0.1, 0.15) is 5.82 Å². The van der Waals surface area contributed by atoms with Crippen molar-refractivity contribution in [2.45, 2.75) is 33.6 Å². The van der Waals surface area contributed by atoms with Gasteiger partial charge in [-0.25, -0.2) is 9.78 Å². The molecule has 0 N–H and O–H groups in total. The van der Waals surface area contributed by atoms with Gasteiger partial charge in [0.25, 0.3) is 5.56 Å². The molecule has 0 unspecified atom stereocenters. The van der Waals surface area contributed by atoms with Crippen LogP contribution in [0.5, 0.6) is 0 Å². The van der Waals surface area contributed by atoms with Crippen molar-refractivity contribution in [1.29, 1.82) is 0 Å². The third-order valence-corrected chi connectivity index (χ3v) is 6.17. The summed E-state index contributed by atoms with van der Waals surface area (Å²) in [5.41, 5.74) is 4.69. The van der Waals surface area contributed by atoms with Gasteiger partial charge in [0.15, 0.2) is 0 Å². The molecule has 2 aromatic carbocycles. The van der Waals surface area contributed by atoms with E-state index in [1.165, 1.54) is 11.8 Å². The normalized spacial score (nSPS) is 11.6. The standard InChI is InChI=1S/C26H25BrN4O3/c1-15(2)24-29-23-11-8-20(27)13-22(23)25(32)31(24)28-14-19-12-16(3)30(17(19)4)21-9-6-18(7-10-21)26(33)34-5/h6-15H,1-5H3. The minimum absolute atomic E-state index is 0.0126. The highest BCUT2D eigenvalue weighted by Gasteiger charge is 2.15. The molecule has 0 amide bonds. The van der Waals surface area contributed by atoms with E-state index in [0.29, 0.717) is 22.3 Å². The number of methoxy groups -OCH3 is 1. The molecule has 0 aliphatic rings. The minimum atomic E-state index is -0.372. The number of hydrogen-bond acceptors (Lipinski definition) is 5. The molecular weight excluding hydrogens is 496 g/mol. The fourth-order valence-electron chi connectivity index (χ4n) is 3.95. The molecular formula is C26H25BrN4O3. The summed E-state index contributed by atoms with van der Waals surface area (Å²) in [6.07, 6.45) is 1.69. The fourth-order valence-corrected chi connectivity index (χ4v) is 4.31. The molecule has 7 nitrogen and oxygen atoms in total.